The average molecular weight is 203 g/mol. The van der Waals surface area contributed by atoms with Crippen molar-refractivity contribution in [2.24, 2.45) is 10.9 Å². The number of benzene rings is 1. The Bertz CT molecular complexity index is 343. The average Bonchev–Trinajstić information content (AvgIpc) is 2.25. The van der Waals surface area contributed by atoms with Crippen LogP contribution in [0, 0.1) is 5.92 Å². The minimum atomic E-state index is 0.302. The lowest BCUT2D eigenvalue weighted by Gasteiger charge is -2.18. The van der Waals surface area contributed by atoms with Gasteiger partial charge in [-0.1, -0.05) is 6.92 Å². The number of aliphatic imine (C=N–C) groups is 1. The van der Waals surface area contributed by atoms with Crippen molar-refractivity contribution in [2.45, 2.75) is 32.6 Å². The van der Waals surface area contributed by atoms with Gasteiger partial charge in [-0.25, -0.2) is 0 Å². The molecule has 0 bridgehead atoms. The highest BCUT2D eigenvalue weighted by atomic mass is 16.3. The van der Waals surface area contributed by atoms with Crippen molar-refractivity contribution < 1.29 is 5.11 Å². The lowest BCUT2D eigenvalue weighted by molar-refractivity contribution is 0.475. The maximum Gasteiger partial charge on any atom is 0.115 e. The van der Waals surface area contributed by atoms with Crippen LogP contribution in [0.5, 0.6) is 5.75 Å². The number of aromatic hydroxyl groups is 1. The van der Waals surface area contributed by atoms with Crippen molar-refractivity contribution in [1.82, 2.24) is 0 Å². The molecule has 1 aliphatic rings. The van der Waals surface area contributed by atoms with E-state index in [0.29, 0.717) is 5.75 Å². The molecule has 1 aromatic carbocycles. The van der Waals surface area contributed by atoms with Crippen LogP contribution < -0.4 is 0 Å². The molecule has 80 valence electrons. The van der Waals surface area contributed by atoms with E-state index in [9.17, 15) is 0 Å². The fraction of sp³-hybridized carbons (Fsp3) is 0.462. The number of rotatable bonds is 1. The molecule has 0 spiro atoms. The molecule has 0 atom stereocenters. The van der Waals surface area contributed by atoms with Gasteiger partial charge in [0.15, 0.2) is 0 Å². The van der Waals surface area contributed by atoms with E-state index in [2.05, 4.69) is 11.9 Å². The van der Waals surface area contributed by atoms with Gasteiger partial charge in [0, 0.05) is 5.71 Å². The van der Waals surface area contributed by atoms with E-state index in [1.54, 1.807) is 12.1 Å². The van der Waals surface area contributed by atoms with E-state index in [4.69, 9.17) is 5.11 Å². The Morgan fingerprint density at radius 2 is 1.73 bits per heavy atom. The van der Waals surface area contributed by atoms with Crippen LogP contribution >= 0.6 is 0 Å². The predicted molar refractivity (Wildman–Crippen MR) is 62.8 cm³/mol. The molecule has 1 aromatic rings. The molecule has 2 rings (SSSR count). The molecule has 1 N–H and O–H groups in total. The van der Waals surface area contributed by atoms with E-state index in [-0.39, 0.29) is 0 Å². The first-order valence-electron chi connectivity index (χ1n) is 5.59. The highest BCUT2D eigenvalue weighted by Gasteiger charge is 2.13. The van der Waals surface area contributed by atoms with Gasteiger partial charge in [-0.2, -0.15) is 0 Å². The molecule has 0 amide bonds. The smallest absolute Gasteiger partial charge is 0.115 e. The second-order valence-corrected chi connectivity index (χ2v) is 4.38. The Morgan fingerprint density at radius 3 is 2.33 bits per heavy atom. The Kier molecular flexibility index (Phi) is 3.05. The highest BCUT2D eigenvalue weighted by molar-refractivity contribution is 5.87. The molecular weight excluding hydrogens is 186 g/mol. The number of phenolic OH excluding ortho intramolecular Hbond substituents is 1. The van der Waals surface area contributed by atoms with Crippen LogP contribution in [0.3, 0.4) is 0 Å². The predicted octanol–water partition coefficient (Wildman–Crippen LogP) is 3.67. The first kappa shape index (κ1) is 10.2. The zero-order valence-electron chi connectivity index (χ0n) is 9.11. The van der Waals surface area contributed by atoms with Gasteiger partial charge in [0.05, 0.1) is 5.69 Å². The van der Waals surface area contributed by atoms with Crippen LogP contribution in [0.4, 0.5) is 5.69 Å². The van der Waals surface area contributed by atoms with Crippen molar-refractivity contribution in [3.63, 3.8) is 0 Å². The summed E-state index contributed by atoms with van der Waals surface area (Å²) in [4.78, 5) is 4.60. The third-order valence-corrected chi connectivity index (χ3v) is 2.99. The molecule has 1 aliphatic carbocycles. The zero-order valence-corrected chi connectivity index (χ0v) is 9.11. The van der Waals surface area contributed by atoms with Crippen LogP contribution in [0.2, 0.25) is 0 Å². The van der Waals surface area contributed by atoms with Crippen molar-refractivity contribution >= 4 is 11.4 Å². The van der Waals surface area contributed by atoms with Crippen LogP contribution in [0.1, 0.15) is 32.6 Å². The van der Waals surface area contributed by atoms with E-state index in [1.165, 1.54) is 18.6 Å². The quantitative estimate of drug-likeness (QED) is 0.742. The summed E-state index contributed by atoms with van der Waals surface area (Å²) in [5.41, 5.74) is 2.26. The van der Waals surface area contributed by atoms with Gasteiger partial charge in [-0.15, -0.1) is 0 Å². The summed E-state index contributed by atoms with van der Waals surface area (Å²) in [6, 6.07) is 7.09. The standard InChI is InChI=1S/C13H17NO/c1-10-2-4-11(5-3-10)14-12-6-8-13(15)9-7-12/h6-10,15H,2-5H2,1H3. The summed E-state index contributed by atoms with van der Waals surface area (Å²) < 4.78 is 0. The van der Waals surface area contributed by atoms with E-state index < -0.39 is 0 Å². The minimum Gasteiger partial charge on any atom is -0.508 e. The van der Waals surface area contributed by atoms with Crippen LogP contribution in [-0.4, -0.2) is 10.8 Å². The number of nitrogens with zero attached hydrogens (tertiary/aromatic N) is 1. The summed E-state index contributed by atoms with van der Waals surface area (Å²) in [5.74, 6) is 1.15. The maximum atomic E-state index is 9.15. The van der Waals surface area contributed by atoms with E-state index >= 15 is 0 Å². The molecule has 15 heavy (non-hydrogen) atoms. The number of hydrogen-bond donors (Lipinski definition) is 1. The van der Waals surface area contributed by atoms with Crippen LogP contribution in [0.15, 0.2) is 29.3 Å². The lowest BCUT2D eigenvalue weighted by atomic mass is 9.89. The van der Waals surface area contributed by atoms with Crippen LogP contribution in [-0.2, 0) is 0 Å². The number of phenols is 1. The molecule has 0 heterocycles. The second kappa shape index (κ2) is 4.47. The number of hydrogen-bond acceptors (Lipinski definition) is 2. The monoisotopic (exact) mass is 203 g/mol. The fourth-order valence-electron chi connectivity index (χ4n) is 1.92. The summed E-state index contributed by atoms with van der Waals surface area (Å²) in [6.07, 6.45) is 4.78. The van der Waals surface area contributed by atoms with E-state index in [1.807, 2.05) is 12.1 Å². The first-order valence-corrected chi connectivity index (χ1v) is 5.59. The zero-order chi connectivity index (χ0) is 10.7. The van der Waals surface area contributed by atoms with Crippen molar-refractivity contribution in [2.75, 3.05) is 0 Å². The molecular formula is C13H17NO. The minimum absolute atomic E-state index is 0.302. The second-order valence-electron chi connectivity index (χ2n) is 4.38. The molecule has 2 heteroatoms. The van der Waals surface area contributed by atoms with Gasteiger partial charge in [0.25, 0.3) is 0 Å². The molecule has 0 radical (unpaired) electrons. The molecule has 0 saturated heterocycles. The summed E-state index contributed by atoms with van der Waals surface area (Å²) in [5, 5.41) is 9.15. The largest absolute Gasteiger partial charge is 0.508 e. The summed E-state index contributed by atoms with van der Waals surface area (Å²) in [7, 11) is 0. The molecule has 1 fully saturated rings. The summed E-state index contributed by atoms with van der Waals surface area (Å²) in [6.45, 7) is 2.30. The Hall–Kier alpha value is -1.31. The SMILES string of the molecule is CC1CCC(=Nc2ccc(O)cc2)CC1. The Balaban J connectivity index is 2.06. The molecule has 0 aromatic heterocycles. The maximum absolute atomic E-state index is 9.15. The van der Waals surface area contributed by atoms with Gasteiger partial charge in [-0.3, -0.25) is 4.99 Å². The van der Waals surface area contributed by atoms with Gasteiger partial charge in [0.1, 0.15) is 5.75 Å². The fourth-order valence-corrected chi connectivity index (χ4v) is 1.92. The lowest BCUT2D eigenvalue weighted by Crippen LogP contribution is -2.11. The van der Waals surface area contributed by atoms with Gasteiger partial charge in [0.2, 0.25) is 0 Å². The van der Waals surface area contributed by atoms with Gasteiger partial charge >= 0.3 is 0 Å². The van der Waals surface area contributed by atoms with Crippen LogP contribution in [0.25, 0.3) is 0 Å². The molecule has 2 nitrogen and oxygen atoms in total. The Labute approximate surface area is 90.7 Å². The van der Waals surface area contributed by atoms with Gasteiger partial charge in [-0.05, 0) is 55.9 Å². The molecule has 1 saturated carbocycles. The third-order valence-electron chi connectivity index (χ3n) is 2.99. The van der Waals surface area contributed by atoms with Crippen molar-refractivity contribution in [1.29, 1.82) is 0 Å². The van der Waals surface area contributed by atoms with Gasteiger partial charge < -0.3 is 5.11 Å². The molecule has 0 aliphatic heterocycles. The van der Waals surface area contributed by atoms with E-state index in [0.717, 1.165) is 24.4 Å². The topological polar surface area (TPSA) is 32.6 Å². The summed E-state index contributed by atoms with van der Waals surface area (Å²) >= 11 is 0. The Morgan fingerprint density at radius 1 is 1.13 bits per heavy atom. The van der Waals surface area contributed by atoms with Crippen molar-refractivity contribution in [3.8, 4) is 5.75 Å². The van der Waals surface area contributed by atoms with Crippen molar-refractivity contribution in [3.05, 3.63) is 24.3 Å². The highest BCUT2D eigenvalue weighted by Crippen LogP contribution is 2.24. The normalized spacial score (nSPS) is 21.4. The first-order chi connectivity index (χ1) is 7.24. The molecule has 0 unspecified atom stereocenters. The third kappa shape index (κ3) is 2.82.